The fraction of sp³-hybridized carbons (Fsp3) is 0.182. The van der Waals surface area contributed by atoms with Crippen molar-refractivity contribution in [3.63, 3.8) is 0 Å². The topological polar surface area (TPSA) is 62.3 Å². The third-order valence-electron chi connectivity index (χ3n) is 4.37. The van der Waals surface area contributed by atoms with Crippen LogP contribution in [0.25, 0.3) is 11.4 Å². The van der Waals surface area contributed by atoms with Crippen LogP contribution >= 0.6 is 11.8 Å². The number of rotatable bonds is 9. The minimum Gasteiger partial charge on any atom is -0.497 e. The second-order valence-corrected chi connectivity index (χ2v) is 7.39. The maximum absolute atomic E-state index is 13.7. The normalized spacial score (nSPS) is 10.9. The largest absolute Gasteiger partial charge is 0.497 e. The second-order valence-electron chi connectivity index (χ2n) is 6.33. The van der Waals surface area contributed by atoms with Crippen LogP contribution in [-0.2, 0) is 6.54 Å². The molecule has 0 fully saturated rings. The molecule has 0 radical (unpaired) electrons. The van der Waals surface area contributed by atoms with E-state index in [4.69, 9.17) is 13.9 Å². The average molecular weight is 425 g/mol. The third kappa shape index (κ3) is 4.65. The molecule has 2 heterocycles. The molecule has 0 aliphatic carbocycles. The highest BCUT2D eigenvalue weighted by molar-refractivity contribution is 7.99. The molecule has 2 aromatic heterocycles. The average Bonchev–Trinajstić information content (AvgIpc) is 3.43. The number of para-hydroxylation sites is 1. The summed E-state index contributed by atoms with van der Waals surface area (Å²) in [6.45, 7) is 0.842. The molecule has 0 atom stereocenters. The van der Waals surface area contributed by atoms with Crippen molar-refractivity contribution in [3.8, 4) is 22.9 Å². The Morgan fingerprint density at radius 2 is 1.87 bits per heavy atom. The lowest BCUT2D eigenvalue weighted by Gasteiger charge is -2.10. The van der Waals surface area contributed by atoms with Crippen LogP contribution in [0.4, 0.5) is 4.39 Å². The summed E-state index contributed by atoms with van der Waals surface area (Å²) in [5, 5.41) is 9.46. The molecule has 0 N–H and O–H groups in total. The highest BCUT2D eigenvalue weighted by atomic mass is 32.2. The number of benzene rings is 2. The van der Waals surface area contributed by atoms with Gasteiger partial charge in [-0.1, -0.05) is 23.9 Å². The van der Waals surface area contributed by atoms with Gasteiger partial charge in [0.15, 0.2) is 22.5 Å². The zero-order valence-electron chi connectivity index (χ0n) is 16.3. The van der Waals surface area contributed by atoms with Gasteiger partial charge in [0.2, 0.25) is 0 Å². The first-order valence-electron chi connectivity index (χ1n) is 9.35. The molecular formula is C22H20FN3O3S. The van der Waals surface area contributed by atoms with Crippen LogP contribution in [0.15, 0.2) is 76.5 Å². The molecule has 6 nitrogen and oxygen atoms in total. The van der Waals surface area contributed by atoms with Crippen LogP contribution in [0.5, 0.6) is 11.5 Å². The van der Waals surface area contributed by atoms with Crippen molar-refractivity contribution < 1.29 is 18.3 Å². The molecule has 0 saturated heterocycles. The van der Waals surface area contributed by atoms with E-state index in [-0.39, 0.29) is 11.6 Å². The molecule has 0 unspecified atom stereocenters. The van der Waals surface area contributed by atoms with Crippen LogP contribution < -0.4 is 9.47 Å². The van der Waals surface area contributed by atoms with Crippen molar-refractivity contribution in [2.75, 3.05) is 19.5 Å². The lowest BCUT2D eigenvalue weighted by molar-refractivity contribution is 0.325. The molecule has 8 heteroatoms. The monoisotopic (exact) mass is 425 g/mol. The van der Waals surface area contributed by atoms with Gasteiger partial charge in [0, 0.05) is 11.3 Å². The smallest absolute Gasteiger partial charge is 0.192 e. The van der Waals surface area contributed by atoms with Gasteiger partial charge >= 0.3 is 0 Å². The second kappa shape index (κ2) is 9.49. The lowest BCUT2D eigenvalue weighted by Crippen LogP contribution is -2.06. The van der Waals surface area contributed by atoms with Gasteiger partial charge in [0.25, 0.3) is 0 Å². The Kier molecular flexibility index (Phi) is 6.34. The maximum atomic E-state index is 13.7. The zero-order chi connectivity index (χ0) is 20.8. The SMILES string of the molecule is COc1ccc(-c2nnc(SCCOc3ccccc3F)n2Cc2ccco2)cc1. The predicted molar refractivity (Wildman–Crippen MR) is 112 cm³/mol. The number of hydrogen-bond acceptors (Lipinski definition) is 6. The standard InChI is InChI=1S/C22H20FN3O3S/c1-27-17-10-8-16(9-11-17)21-24-25-22(26(21)15-18-5-4-12-28-18)30-14-13-29-20-7-3-2-6-19(20)23/h2-12H,13-15H2,1H3. The van der Waals surface area contributed by atoms with Gasteiger partial charge in [-0.2, -0.15) is 0 Å². The number of aromatic nitrogens is 3. The highest BCUT2D eigenvalue weighted by Gasteiger charge is 2.16. The molecule has 154 valence electrons. The van der Waals surface area contributed by atoms with Gasteiger partial charge in [0.1, 0.15) is 11.5 Å². The van der Waals surface area contributed by atoms with Crippen LogP contribution in [0.1, 0.15) is 5.76 Å². The molecule has 0 saturated carbocycles. The summed E-state index contributed by atoms with van der Waals surface area (Å²) >= 11 is 1.49. The summed E-state index contributed by atoms with van der Waals surface area (Å²) in [6.07, 6.45) is 1.64. The summed E-state index contributed by atoms with van der Waals surface area (Å²) in [5.74, 6) is 2.77. The number of thioether (sulfide) groups is 1. The fourth-order valence-electron chi connectivity index (χ4n) is 2.90. The Hall–Kier alpha value is -3.26. The van der Waals surface area contributed by atoms with Gasteiger partial charge in [0.05, 0.1) is 26.5 Å². The predicted octanol–water partition coefficient (Wildman–Crippen LogP) is 4.91. The first-order valence-corrected chi connectivity index (χ1v) is 10.3. The van der Waals surface area contributed by atoms with E-state index in [1.165, 1.54) is 17.8 Å². The van der Waals surface area contributed by atoms with E-state index in [1.807, 2.05) is 41.0 Å². The Bertz CT molecular complexity index is 1080. The highest BCUT2D eigenvalue weighted by Crippen LogP contribution is 2.27. The van der Waals surface area contributed by atoms with Gasteiger partial charge in [-0.25, -0.2) is 4.39 Å². The molecule has 0 amide bonds. The van der Waals surface area contributed by atoms with Crippen molar-refractivity contribution in [2.45, 2.75) is 11.7 Å². The van der Waals surface area contributed by atoms with E-state index < -0.39 is 0 Å². The van der Waals surface area contributed by atoms with E-state index in [9.17, 15) is 4.39 Å². The van der Waals surface area contributed by atoms with E-state index in [0.29, 0.717) is 18.9 Å². The first kappa shape index (κ1) is 20.0. The number of hydrogen-bond donors (Lipinski definition) is 0. The van der Waals surface area contributed by atoms with Crippen LogP contribution in [0.2, 0.25) is 0 Å². The van der Waals surface area contributed by atoms with E-state index in [0.717, 1.165) is 28.1 Å². The van der Waals surface area contributed by atoms with Crippen molar-refractivity contribution in [3.05, 3.63) is 78.5 Å². The molecule has 0 aliphatic heterocycles. The van der Waals surface area contributed by atoms with Crippen molar-refractivity contribution >= 4 is 11.8 Å². The Balaban J connectivity index is 1.50. The van der Waals surface area contributed by atoms with Gasteiger partial charge < -0.3 is 13.9 Å². The van der Waals surface area contributed by atoms with Crippen molar-refractivity contribution in [1.82, 2.24) is 14.8 Å². The zero-order valence-corrected chi connectivity index (χ0v) is 17.1. The minimum absolute atomic E-state index is 0.245. The fourth-order valence-corrected chi connectivity index (χ4v) is 3.65. The molecule has 4 aromatic rings. The molecule has 0 spiro atoms. The van der Waals surface area contributed by atoms with Crippen LogP contribution in [0, 0.1) is 5.82 Å². The van der Waals surface area contributed by atoms with Gasteiger partial charge in [-0.05, 0) is 48.5 Å². The van der Waals surface area contributed by atoms with E-state index in [1.54, 1.807) is 31.6 Å². The number of ether oxygens (including phenoxy) is 2. The van der Waals surface area contributed by atoms with Crippen LogP contribution in [0.3, 0.4) is 0 Å². The molecule has 0 aliphatic rings. The minimum atomic E-state index is -0.370. The Morgan fingerprint density at radius 1 is 1.03 bits per heavy atom. The number of methoxy groups -OCH3 is 1. The number of nitrogens with zero attached hydrogens (tertiary/aromatic N) is 3. The summed E-state index contributed by atoms with van der Waals surface area (Å²) < 4.78 is 32.0. The van der Waals surface area contributed by atoms with Crippen LogP contribution in [-0.4, -0.2) is 34.2 Å². The quantitative estimate of drug-likeness (QED) is 0.281. The summed E-state index contributed by atoms with van der Waals surface area (Å²) in [7, 11) is 1.63. The van der Waals surface area contributed by atoms with Gasteiger partial charge in [-0.15, -0.1) is 10.2 Å². The lowest BCUT2D eigenvalue weighted by atomic mass is 10.2. The number of furan rings is 1. The van der Waals surface area contributed by atoms with E-state index in [2.05, 4.69) is 10.2 Å². The van der Waals surface area contributed by atoms with E-state index >= 15 is 0 Å². The Morgan fingerprint density at radius 3 is 2.60 bits per heavy atom. The molecule has 30 heavy (non-hydrogen) atoms. The molecule has 4 rings (SSSR count). The molecular weight excluding hydrogens is 405 g/mol. The molecule has 2 aromatic carbocycles. The summed E-state index contributed by atoms with van der Waals surface area (Å²) in [6, 6.07) is 17.8. The summed E-state index contributed by atoms with van der Waals surface area (Å²) in [4.78, 5) is 0. The Labute approximate surface area is 177 Å². The third-order valence-corrected chi connectivity index (χ3v) is 5.30. The summed E-state index contributed by atoms with van der Waals surface area (Å²) in [5.41, 5.74) is 0.921. The maximum Gasteiger partial charge on any atom is 0.192 e. The van der Waals surface area contributed by atoms with Crippen molar-refractivity contribution in [1.29, 1.82) is 0 Å². The van der Waals surface area contributed by atoms with Crippen molar-refractivity contribution in [2.24, 2.45) is 0 Å². The first-order chi connectivity index (χ1) is 14.7. The number of halogens is 1. The van der Waals surface area contributed by atoms with Gasteiger partial charge in [-0.3, -0.25) is 4.57 Å². The molecule has 0 bridgehead atoms.